The first-order chi connectivity index (χ1) is 13.4. The topological polar surface area (TPSA) is 84.9 Å². The number of anilines is 1. The van der Waals surface area contributed by atoms with Gasteiger partial charge in [-0.15, -0.1) is 0 Å². The van der Waals surface area contributed by atoms with Crippen molar-refractivity contribution in [1.29, 1.82) is 0 Å². The van der Waals surface area contributed by atoms with E-state index in [2.05, 4.69) is 5.32 Å². The van der Waals surface area contributed by atoms with Gasteiger partial charge in [0.25, 0.3) is 5.91 Å². The molecule has 0 radical (unpaired) electrons. The molecule has 3 rings (SSSR count). The van der Waals surface area contributed by atoms with E-state index >= 15 is 0 Å². The van der Waals surface area contributed by atoms with Crippen LogP contribution in [-0.2, 0) is 19.6 Å². The van der Waals surface area contributed by atoms with Crippen molar-refractivity contribution in [1.82, 2.24) is 4.31 Å². The summed E-state index contributed by atoms with van der Waals surface area (Å²) in [5.74, 6) is -0.499. The van der Waals surface area contributed by atoms with E-state index in [0.717, 1.165) is 0 Å². The summed E-state index contributed by atoms with van der Waals surface area (Å²) in [4.78, 5) is 12.2. The zero-order valence-corrected chi connectivity index (χ0v) is 16.2. The van der Waals surface area contributed by atoms with Crippen LogP contribution in [0.1, 0.15) is 5.56 Å². The van der Waals surface area contributed by atoms with Gasteiger partial charge in [-0.05, 0) is 43.3 Å². The van der Waals surface area contributed by atoms with Gasteiger partial charge in [-0.3, -0.25) is 4.79 Å². The van der Waals surface area contributed by atoms with E-state index in [4.69, 9.17) is 9.47 Å². The average Bonchev–Trinajstić information content (AvgIpc) is 2.71. The van der Waals surface area contributed by atoms with Gasteiger partial charge in [0.15, 0.2) is 6.61 Å². The van der Waals surface area contributed by atoms with Crippen molar-refractivity contribution < 1.29 is 27.1 Å². The third-order valence-electron chi connectivity index (χ3n) is 4.34. The molecule has 1 amide bonds. The minimum atomic E-state index is -3.58. The minimum Gasteiger partial charge on any atom is -0.484 e. The molecule has 2 aromatic carbocycles. The molecule has 1 saturated heterocycles. The second-order valence-corrected chi connectivity index (χ2v) is 8.18. The van der Waals surface area contributed by atoms with E-state index < -0.39 is 21.7 Å². The molecular formula is C19H21FN2O5S. The van der Waals surface area contributed by atoms with Crippen LogP contribution < -0.4 is 10.1 Å². The summed E-state index contributed by atoms with van der Waals surface area (Å²) in [6.07, 6.45) is 0. The number of ether oxygens (including phenoxy) is 2. The second kappa shape index (κ2) is 8.68. The summed E-state index contributed by atoms with van der Waals surface area (Å²) in [5, 5.41) is 2.58. The fraction of sp³-hybridized carbons (Fsp3) is 0.316. The van der Waals surface area contributed by atoms with Gasteiger partial charge in [-0.1, -0.05) is 6.07 Å². The number of morpholine rings is 1. The Hall–Kier alpha value is -2.49. The van der Waals surface area contributed by atoms with Crippen LogP contribution in [0.15, 0.2) is 47.4 Å². The molecule has 7 nitrogen and oxygen atoms in total. The standard InChI is InChI=1S/C19H21FN2O5S/c1-14-17(20)3-2-4-18(14)21-19(23)13-27-15-5-7-16(8-6-15)28(24,25)22-9-11-26-12-10-22/h2-8H,9-13H2,1H3,(H,21,23). The highest BCUT2D eigenvalue weighted by Crippen LogP contribution is 2.21. The molecule has 1 aliphatic rings. The lowest BCUT2D eigenvalue weighted by Gasteiger charge is -2.26. The largest absolute Gasteiger partial charge is 0.484 e. The summed E-state index contributed by atoms with van der Waals surface area (Å²) in [5.41, 5.74) is 0.717. The Morgan fingerprint density at radius 1 is 1.18 bits per heavy atom. The Bertz CT molecular complexity index is 941. The second-order valence-electron chi connectivity index (χ2n) is 6.24. The maximum absolute atomic E-state index is 13.5. The number of carbonyl (C=O) groups excluding carboxylic acids is 1. The maximum Gasteiger partial charge on any atom is 0.262 e. The quantitative estimate of drug-likeness (QED) is 0.792. The number of benzene rings is 2. The van der Waals surface area contributed by atoms with Crippen molar-refractivity contribution >= 4 is 21.6 Å². The van der Waals surface area contributed by atoms with E-state index in [9.17, 15) is 17.6 Å². The molecule has 2 aromatic rings. The Morgan fingerprint density at radius 3 is 2.54 bits per heavy atom. The molecule has 0 aromatic heterocycles. The lowest BCUT2D eigenvalue weighted by atomic mass is 10.2. The molecule has 1 N–H and O–H groups in total. The molecule has 28 heavy (non-hydrogen) atoms. The molecular weight excluding hydrogens is 387 g/mol. The first-order valence-electron chi connectivity index (χ1n) is 8.73. The van der Waals surface area contributed by atoms with Crippen molar-refractivity contribution in [3.05, 3.63) is 53.8 Å². The summed E-state index contributed by atoms with van der Waals surface area (Å²) in [7, 11) is -3.58. The molecule has 0 atom stereocenters. The monoisotopic (exact) mass is 408 g/mol. The molecule has 1 heterocycles. The predicted octanol–water partition coefficient (Wildman–Crippen LogP) is 2.17. The summed E-state index contributed by atoms with van der Waals surface area (Å²) >= 11 is 0. The van der Waals surface area contributed by atoms with E-state index in [1.807, 2.05) is 0 Å². The minimum absolute atomic E-state index is 0.154. The highest BCUT2D eigenvalue weighted by molar-refractivity contribution is 7.89. The molecule has 9 heteroatoms. The number of sulfonamides is 1. The van der Waals surface area contributed by atoms with Gasteiger partial charge < -0.3 is 14.8 Å². The molecule has 0 saturated carbocycles. The molecule has 150 valence electrons. The molecule has 1 fully saturated rings. The van der Waals surface area contributed by atoms with Crippen molar-refractivity contribution in [3.8, 4) is 5.75 Å². The van der Waals surface area contributed by atoms with Crippen molar-refractivity contribution in [2.24, 2.45) is 0 Å². The van der Waals surface area contributed by atoms with E-state index in [0.29, 0.717) is 43.3 Å². The Labute approximate surface area is 163 Å². The Balaban J connectivity index is 1.58. The highest BCUT2D eigenvalue weighted by atomic mass is 32.2. The van der Waals surface area contributed by atoms with Crippen LogP contribution >= 0.6 is 0 Å². The number of amides is 1. The van der Waals surface area contributed by atoms with Gasteiger partial charge >= 0.3 is 0 Å². The smallest absolute Gasteiger partial charge is 0.262 e. The molecule has 0 spiro atoms. The number of halogens is 1. The Kier molecular flexibility index (Phi) is 6.28. The van der Waals surface area contributed by atoms with Gasteiger partial charge in [-0.2, -0.15) is 4.31 Å². The van der Waals surface area contributed by atoms with Crippen LogP contribution in [0.3, 0.4) is 0 Å². The van der Waals surface area contributed by atoms with Gasteiger partial charge in [0.1, 0.15) is 11.6 Å². The molecule has 1 aliphatic heterocycles. The molecule has 0 unspecified atom stereocenters. The summed E-state index contributed by atoms with van der Waals surface area (Å²) < 4.78 is 50.6. The lowest BCUT2D eigenvalue weighted by molar-refractivity contribution is -0.118. The van der Waals surface area contributed by atoms with Crippen molar-refractivity contribution in [2.45, 2.75) is 11.8 Å². The normalized spacial score (nSPS) is 15.2. The van der Waals surface area contributed by atoms with Crippen LogP contribution in [0.25, 0.3) is 0 Å². The average molecular weight is 408 g/mol. The summed E-state index contributed by atoms with van der Waals surface area (Å²) in [6, 6.07) is 10.3. The highest BCUT2D eigenvalue weighted by Gasteiger charge is 2.26. The first-order valence-corrected chi connectivity index (χ1v) is 10.2. The van der Waals surface area contributed by atoms with Crippen LogP contribution in [0.2, 0.25) is 0 Å². The van der Waals surface area contributed by atoms with Crippen molar-refractivity contribution in [3.63, 3.8) is 0 Å². The van der Waals surface area contributed by atoms with Crippen LogP contribution in [-0.4, -0.2) is 51.5 Å². The number of hydrogen-bond donors (Lipinski definition) is 1. The number of carbonyl (C=O) groups is 1. The first kappa shape index (κ1) is 20.2. The summed E-state index contributed by atoms with van der Waals surface area (Å²) in [6.45, 7) is 2.67. The van der Waals surface area contributed by atoms with Crippen molar-refractivity contribution in [2.75, 3.05) is 38.2 Å². The number of hydrogen-bond acceptors (Lipinski definition) is 5. The van der Waals surface area contributed by atoms with Crippen LogP contribution in [0.5, 0.6) is 5.75 Å². The zero-order chi connectivity index (χ0) is 20.1. The van der Waals surface area contributed by atoms with E-state index in [1.165, 1.54) is 40.7 Å². The SMILES string of the molecule is Cc1c(F)cccc1NC(=O)COc1ccc(S(=O)(=O)N2CCOCC2)cc1. The van der Waals surface area contributed by atoms with Gasteiger partial charge in [0.2, 0.25) is 10.0 Å². The third-order valence-corrected chi connectivity index (χ3v) is 6.26. The number of nitrogens with one attached hydrogen (secondary N) is 1. The number of nitrogens with zero attached hydrogens (tertiary/aromatic N) is 1. The Morgan fingerprint density at radius 2 is 1.86 bits per heavy atom. The van der Waals surface area contributed by atoms with Gasteiger partial charge in [-0.25, -0.2) is 12.8 Å². The van der Waals surface area contributed by atoms with Gasteiger partial charge in [0.05, 0.1) is 18.1 Å². The van der Waals surface area contributed by atoms with E-state index in [-0.39, 0.29) is 11.5 Å². The fourth-order valence-corrected chi connectivity index (χ4v) is 4.13. The molecule has 0 aliphatic carbocycles. The van der Waals surface area contributed by atoms with E-state index in [1.54, 1.807) is 13.0 Å². The fourth-order valence-electron chi connectivity index (χ4n) is 2.72. The lowest BCUT2D eigenvalue weighted by Crippen LogP contribution is -2.40. The van der Waals surface area contributed by atoms with Crippen LogP contribution in [0, 0.1) is 12.7 Å². The third kappa shape index (κ3) is 4.67. The van der Waals surface area contributed by atoms with Crippen LogP contribution in [0.4, 0.5) is 10.1 Å². The van der Waals surface area contributed by atoms with Gasteiger partial charge in [0, 0.05) is 24.3 Å². The zero-order valence-electron chi connectivity index (χ0n) is 15.4. The predicted molar refractivity (Wildman–Crippen MR) is 101 cm³/mol. The molecule has 0 bridgehead atoms. The number of rotatable bonds is 6. The maximum atomic E-state index is 13.5.